The lowest BCUT2D eigenvalue weighted by Crippen LogP contribution is -2.12. The summed E-state index contributed by atoms with van der Waals surface area (Å²) in [5.41, 5.74) is 2.34. The third-order valence-corrected chi connectivity index (χ3v) is 2.97. The van der Waals surface area contributed by atoms with Crippen LogP contribution in [0.2, 0.25) is 0 Å². The van der Waals surface area contributed by atoms with E-state index in [1.165, 1.54) is 0 Å². The molecule has 0 spiro atoms. The molecule has 0 unspecified atom stereocenters. The first-order chi connectivity index (χ1) is 9.16. The summed E-state index contributed by atoms with van der Waals surface area (Å²) >= 11 is 6.64. The first-order valence-electron chi connectivity index (χ1n) is 5.65. The first-order valence-corrected chi connectivity index (χ1v) is 7.23. The second kappa shape index (κ2) is 6.68. The third kappa shape index (κ3) is 4.04. The minimum Gasteiger partial charge on any atom is -0.321 e. The smallest absolute Gasteiger partial charge is 0.255 e. The number of carbonyl (C=O) groups excluding carboxylic acids is 1. The van der Waals surface area contributed by atoms with Crippen LogP contribution in [0.1, 0.15) is 15.9 Å². The number of rotatable bonds is 3. The predicted molar refractivity (Wildman–Crippen MR) is 86.7 cm³/mol. The Morgan fingerprint density at radius 3 is 2.26 bits per heavy atom. The average Bonchev–Trinajstić information content (AvgIpc) is 2.41. The number of halogens is 2. The van der Waals surface area contributed by atoms with Crippen LogP contribution in [0, 0.1) is 0 Å². The number of hydrogen-bond donors (Lipinski definition) is 1. The van der Waals surface area contributed by atoms with E-state index in [1.54, 1.807) is 12.1 Å². The van der Waals surface area contributed by atoms with E-state index < -0.39 is 0 Å². The van der Waals surface area contributed by atoms with Gasteiger partial charge in [-0.05, 0) is 61.7 Å². The van der Waals surface area contributed by atoms with Gasteiger partial charge in [0.1, 0.15) is 0 Å². The zero-order valence-corrected chi connectivity index (χ0v) is 13.1. The van der Waals surface area contributed by atoms with Crippen molar-refractivity contribution in [1.29, 1.82) is 0 Å². The number of nitrogens with one attached hydrogen (secondary N) is 1. The quantitative estimate of drug-likeness (QED) is 0.795. The van der Waals surface area contributed by atoms with Gasteiger partial charge in [-0.2, -0.15) is 0 Å². The summed E-state index contributed by atoms with van der Waals surface area (Å²) in [5.74, 6) is -0.118. The van der Waals surface area contributed by atoms with E-state index in [-0.39, 0.29) is 5.91 Å². The van der Waals surface area contributed by atoms with E-state index >= 15 is 0 Å². The molecule has 0 heterocycles. The van der Waals surface area contributed by atoms with Gasteiger partial charge in [-0.3, -0.25) is 4.79 Å². The monoisotopic (exact) mass is 379 g/mol. The van der Waals surface area contributed by atoms with Crippen LogP contribution >= 0.6 is 31.9 Å². The Kier molecular flexibility index (Phi) is 4.93. The van der Waals surface area contributed by atoms with Crippen molar-refractivity contribution in [2.45, 2.75) is 0 Å². The van der Waals surface area contributed by atoms with Gasteiger partial charge in [0, 0.05) is 11.3 Å². The summed E-state index contributed by atoms with van der Waals surface area (Å²) in [7, 11) is 0. The summed E-state index contributed by atoms with van der Waals surface area (Å²) in [5, 5.41) is 2.91. The largest absolute Gasteiger partial charge is 0.321 e. The first kappa shape index (κ1) is 14.0. The standard InChI is InChI=1S/C15H11Br2NO/c16-14(17)10-12-8-4-5-9-13(12)18-15(19)11-6-2-1-3-7-11/h1-10H,(H,18,19). The molecule has 1 amide bonds. The Labute approximate surface area is 128 Å². The predicted octanol–water partition coefficient (Wildman–Crippen LogP) is 5.03. The van der Waals surface area contributed by atoms with E-state index in [2.05, 4.69) is 37.2 Å². The van der Waals surface area contributed by atoms with Crippen molar-refractivity contribution in [3.8, 4) is 0 Å². The molecule has 0 aliphatic rings. The van der Waals surface area contributed by atoms with E-state index in [9.17, 15) is 4.79 Å². The van der Waals surface area contributed by atoms with E-state index in [1.807, 2.05) is 48.5 Å². The fraction of sp³-hybridized carbons (Fsp3) is 0. The van der Waals surface area contributed by atoms with Crippen LogP contribution in [0.15, 0.2) is 58.0 Å². The van der Waals surface area contributed by atoms with E-state index in [0.717, 1.165) is 14.6 Å². The lowest BCUT2D eigenvalue weighted by Gasteiger charge is -2.08. The van der Waals surface area contributed by atoms with Gasteiger partial charge in [0.2, 0.25) is 0 Å². The minimum absolute atomic E-state index is 0.118. The van der Waals surface area contributed by atoms with Crippen LogP contribution in [0.3, 0.4) is 0 Å². The zero-order valence-electron chi connectivity index (χ0n) is 9.94. The lowest BCUT2D eigenvalue weighted by molar-refractivity contribution is 0.102. The second-order valence-electron chi connectivity index (χ2n) is 3.84. The Morgan fingerprint density at radius 2 is 1.58 bits per heavy atom. The maximum Gasteiger partial charge on any atom is 0.255 e. The molecular formula is C15H11Br2NO. The number of para-hydroxylation sites is 1. The highest BCUT2D eigenvalue weighted by molar-refractivity contribution is 9.28. The molecule has 0 aliphatic carbocycles. The van der Waals surface area contributed by atoms with Crippen LogP contribution in [-0.4, -0.2) is 5.91 Å². The van der Waals surface area contributed by atoms with Crippen LogP contribution in [0.4, 0.5) is 5.69 Å². The molecule has 0 saturated carbocycles. The van der Waals surface area contributed by atoms with Crippen molar-refractivity contribution < 1.29 is 4.79 Å². The van der Waals surface area contributed by atoms with Gasteiger partial charge in [0.05, 0.1) is 3.39 Å². The minimum atomic E-state index is -0.118. The molecule has 0 atom stereocenters. The molecule has 1 N–H and O–H groups in total. The maximum atomic E-state index is 12.1. The summed E-state index contributed by atoms with van der Waals surface area (Å²) in [6, 6.07) is 16.8. The van der Waals surface area contributed by atoms with Crippen molar-refractivity contribution >= 4 is 49.5 Å². The lowest BCUT2D eigenvalue weighted by atomic mass is 10.1. The van der Waals surface area contributed by atoms with Crippen molar-refractivity contribution in [3.05, 3.63) is 69.1 Å². The van der Waals surface area contributed by atoms with Crippen molar-refractivity contribution in [1.82, 2.24) is 0 Å². The molecule has 2 nitrogen and oxygen atoms in total. The van der Waals surface area contributed by atoms with Crippen LogP contribution in [-0.2, 0) is 0 Å². The average molecular weight is 381 g/mol. The van der Waals surface area contributed by atoms with E-state index in [0.29, 0.717) is 5.56 Å². The molecular weight excluding hydrogens is 370 g/mol. The third-order valence-electron chi connectivity index (χ3n) is 2.51. The molecule has 0 aliphatic heterocycles. The van der Waals surface area contributed by atoms with Gasteiger partial charge in [-0.1, -0.05) is 36.4 Å². The highest BCUT2D eigenvalue weighted by Gasteiger charge is 2.07. The molecule has 0 bridgehead atoms. The Balaban J connectivity index is 2.25. The van der Waals surface area contributed by atoms with Crippen molar-refractivity contribution in [2.24, 2.45) is 0 Å². The molecule has 2 aromatic carbocycles. The number of amides is 1. The molecule has 0 fully saturated rings. The number of benzene rings is 2. The maximum absolute atomic E-state index is 12.1. The van der Waals surface area contributed by atoms with Gasteiger partial charge in [0.25, 0.3) is 5.91 Å². The fourth-order valence-electron chi connectivity index (χ4n) is 1.64. The normalized spacial score (nSPS) is 9.79. The van der Waals surface area contributed by atoms with Gasteiger partial charge >= 0.3 is 0 Å². The zero-order chi connectivity index (χ0) is 13.7. The molecule has 4 heteroatoms. The van der Waals surface area contributed by atoms with Gasteiger partial charge in [0.15, 0.2) is 0 Å². The van der Waals surface area contributed by atoms with Crippen LogP contribution < -0.4 is 5.32 Å². The van der Waals surface area contributed by atoms with Crippen LogP contribution in [0.25, 0.3) is 6.08 Å². The van der Waals surface area contributed by atoms with Crippen molar-refractivity contribution in [2.75, 3.05) is 5.32 Å². The number of carbonyl (C=O) groups is 1. The number of hydrogen-bond acceptors (Lipinski definition) is 1. The molecule has 2 aromatic rings. The SMILES string of the molecule is O=C(Nc1ccccc1C=C(Br)Br)c1ccccc1. The molecule has 0 saturated heterocycles. The Morgan fingerprint density at radius 1 is 0.947 bits per heavy atom. The van der Waals surface area contributed by atoms with Crippen molar-refractivity contribution in [3.63, 3.8) is 0 Å². The highest BCUT2D eigenvalue weighted by Crippen LogP contribution is 2.23. The number of anilines is 1. The molecule has 0 radical (unpaired) electrons. The molecule has 0 aromatic heterocycles. The van der Waals surface area contributed by atoms with Gasteiger partial charge in [-0.25, -0.2) is 0 Å². The van der Waals surface area contributed by atoms with E-state index in [4.69, 9.17) is 0 Å². The molecule has 2 rings (SSSR count). The second-order valence-corrected chi connectivity index (χ2v) is 6.61. The Bertz CT molecular complexity index is 605. The van der Waals surface area contributed by atoms with Gasteiger partial charge in [-0.15, -0.1) is 0 Å². The van der Waals surface area contributed by atoms with Gasteiger partial charge < -0.3 is 5.32 Å². The summed E-state index contributed by atoms with van der Waals surface area (Å²) in [4.78, 5) is 12.1. The Hall–Kier alpha value is -1.39. The van der Waals surface area contributed by atoms with Crippen LogP contribution in [0.5, 0.6) is 0 Å². The molecule has 96 valence electrons. The summed E-state index contributed by atoms with van der Waals surface area (Å²) in [6.45, 7) is 0. The fourth-order valence-corrected chi connectivity index (χ4v) is 2.13. The highest BCUT2D eigenvalue weighted by atomic mass is 79.9. The summed E-state index contributed by atoms with van der Waals surface area (Å²) in [6.07, 6.45) is 1.89. The summed E-state index contributed by atoms with van der Waals surface area (Å²) < 4.78 is 0.821. The topological polar surface area (TPSA) is 29.1 Å². The molecule has 19 heavy (non-hydrogen) atoms.